The van der Waals surface area contributed by atoms with Crippen LogP contribution in [0.15, 0.2) is 53.0 Å². The maximum absolute atomic E-state index is 12.1. The minimum atomic E-state index is -0.552. The summed E-state index contributed by atoms with van der Waals surface area (Å²) >= 11 is 3.29. The van der Waals surface area contributed by atoms with Crippen LogP contribution in [0.5, 0.6) is 0 Å². The van der Waals surface area contributed by atoms with Gasteiger partial charge in [0.2, 0.25) is 5.91 Å². The van der Waals surface area contributed by atoms with E-state index in [1.807, 2.05) is 13.8 Å². The van der Waals surface area contributed by atoms with Crippen LogP contribution in [0.25, 0.3) is 0 Å². The molecule has 0 aliphatic rings. The summed E-state index contributed by atoms with van der Waals surface area (Å²) in [7, 11) is 0. The Balaban J connectivity index is 1.88. The van der Waals surface area contributed by atoms with Crippen molar-refractivity contribution in [3.05, 3.63) is 64.1 Å². The number of carbonyl (C=O) groups excluding carboxylic acids is 3. The number of nitrogens with one attached hydrogen (secondary N) is 1. The van der Waals surface area contributed by atoms with Gasteiger partial charge in [0.1, 0.15) is 0 Å². The van der Waals surface area contributed by atoms with Crippen molar-refractivity contribution in [3.8, 4) is 0 Å². The van der Waals surface area contributed by atoms with Gasteiger partial charge in [-0.1, -0.05) is 29.8 Å². The number of hydrogen-bond acceptors (Lipinski definition) is 4. The second-order valence-electron chi connectivity index (χ2n) is 6.23. The number of esters is 1. The Morgan fingerprint density at radius 2 is 1.54 bits per heavy atom. The highest BCUT2D eigenvalue weighted by molar-refractivity contribution is 9.10. The molecule has 2 aromatic carbocycles. The molecule has 0 heterocycles. The minimum absolute atomic E-state index is 0.0671. The first kappa shape index (κ1) is 19.8. The van der Waals surface area contributed by atoms with E-state index in [1.165, 1.54) is 0 Å². The molecule has 0 bridgehead atoms. The number of carbonyl (C=O) groups is 3. The van der Waals surface area contributed by atoms with Crippen molar-refractivity contribution < 1.29 is 19.1 Å². The predicted octanol–water partition coefficient (Wildman–Crippen LogP) is 4.47. The third-order valence-corrected chi connectivity index (χ3v) is 4.03. The summed E-state index contributed by atoms with van der Waals surface area (Å²) < 4.78 is 5.90. The quantitative estimate of drug-likeness (QED) is 0.532. The van der Waals surface area contributed by atoms with Gasteiger partial charge >= 0.3 is 5.97 Å². The average Bonchev–Trinajstić information content (AvgIpc) is 2.60. The first-order chi connectivity index (χ1) is 12.3. The molecule has 0 aliphatic heterocycles. The molecule has 5 nitrogen and oxygen atoms in total. The van der Waals surface area contributed by atoms with Crippen LogP contribution >= 0.6 is 15.9 Å². The van der Waals surface area contributed by atoms with E-state index in [0.29, 0.717) is 23.2 Å². The number of halogens is 1. The van der Waals surface area contributed by atoms with E-state index in [4.69, 9.17) is 4.74 Å². The largest absolute Gasteiger partial charge is 0.454 e. The first-order valence-corrected chi connectivity index (χ1v) is 9.00. The fourth-order valence-corrected chi connectivity index (χ4v) is 2.47. The molecule has 2 rings (SSSR count). The van der Waals surface area contributed by atoms with Gasteiger partial charge in [0.25, 0.3) is 0 Å². The van der Waals surface area contributed by atoms with Crippen LogP contribution in [0, 0.1) is 5.92 Å². The fourth-order valence-electron chi connectivity index (χ4n) is 2.21. The predicted molar refractivity (Wildman–Crippen MR) is 103 cm³/mol. The molecule has 0 radical (unpaired) electrons. The lowest BCUT2D eigenvalue weighted by atomic mass is 10.1. The number of rotatable bonds is 7. The normalized spacial score (nSPS) is 10.5. The van der Waals surface area contributed by atoms with Crippen LogP contribution in [-0.4, -0.2) is 24.3 Å². The summed E-state index contributed by atoms with van der Waals surface area (Å²) in [5.74, 6) is -0.655. The number of ketones is 1. The molecule has 6 heteroatoms. The fraction of sp³-hybridized carbons (Fsp3) is 0.250. The molecule has 1 N–H and O–H groups in total. The summed E-state index contributed by atoms with van der Waals surface area (Å²) in [6.45, 7) is 3.60. The SMILES string of the molecule is CC(C)CC(=O)Nc1ccc(C(=O)COC(=O)c2ccc(Br)cc2)cc1. The molecule has 1 amide bonds. The zero-order valence-electron chi connectivity index (χ0n) is 14.6. The Morgan fingerprint density at radius 3 is 2.12 bits per heavy atom. The van der Waals surface area contributed by atoms with Gasteiger partial charge in [-0.3, -0.25) is 9.59 Å². The molecule has 0 saturated heterocycles. The van der Waals surface area contributed by atoms with Gasteiger partial charge in [0.15, 0.2) is 12.4 Å². The van der Waals surface area contributed by atoms with Gasteiger partial charge in [-0.2, -0.15) is 0 Å². The van der Waals surface area contributed by atoms with Crippen LogP contribution in [0.2, 0.25) is 0 Å². The van der Waals surface area contributed by atoms with Crippen molar-refractivity contribution in [2.24, 2.45) is 5.92 Å². The minimum Gasteiger partial charge on any atom is -0.454 e. The summed E-state index contributed by atoms with van der Waals surface area (Å²) in [5.41, 5.74) is 1.42. The van der Waals surface area contributed by atoms with Crippen LogP contribution in [0.3, 0.4) is 0 Å². The van der Waals surface area contributed by atoms with Crippen molar-refractivity contribution in [2.75, 3.05) is 11.9 Å². The Bertz CT molecular complexity index is 782. The van der Waals surface area contributed by atoms with Crippen LogP contribution < -0.4 is 5.32 Å². The van der Waals surface area contributed by atoms with Gasteiger partial charge in [-0.05, 0) is 54.4 Å². The van der Waals surface area contributed by atoms with Gasteiger partial charge in [-0.15, -0.1) is 0 Å². The lowest BCUT2D eigenvalue weighted by Crippen LogP contribution is -2.15. The summed E-state index contributed by atoms with van der Waals surface area (Å²) in [5, 5.41) is 2.78. The maximum Gasteiger partial charge on any atom is 0.338 e. The van der Waals surface area contributed by atoms with Gasteiger partial charge < -0.3 is 10.1 Å². The molecule has 0 unspecified atom stereocenters. The lowest BCUT2D eigenvalue weighted by molar-refractivity contribution is -0.116. The van der Waals surface area contributed by atoms with Crippen LogP contribution in [0.4, 0.5) is 5.69 Å². The molecular weight excluding hydrogens is 398 g/mol. The number of ether oxygens (including phenoxy) is 1. The zero-order chi connectivity index (χ0) is 19.1. The Labute approximate surface area is 160 Å². The van der Waals surface area contributed by atoms with Crippen molar-refractivity contribution in [2.45, 2.75) is 20.3 Å². The van der Waals surface area contributed by atoms with E-state index in [9.17, 15) is 14.4 Å². The third-order valence-electron chi connectivity index (χ3n) is 3.50. The van der Waals surface area contributed by atoms with E-state index >= 15 is 0 Å². The Hall–Kier alpha value is -2.47. The lowest BCUT2D eigenvalue weighted by Gasteiger charge is -2.08. The van der Waals surface area contributed by atoms with E-state index in [-0.39, 0.29) is 24.2 Å². The molecule has 0 spiro atoms. The summed E-state index contributed by atoms with van der Waals surface area (Å²) in [6.07, 6.45) is 0.437. The monoisotopic (exact) mass is 417 g/mol. The number of benzene rings is 2. The van der Waals surface area contributed by atoms with Crippen molar-refractivity contribution in [3.63, 3.8) is 0 Å². The molecule has 0 aliphatic carbocycles. The molecule has 2 aromatic rings. The van der Waals surface area contributed by atoms with Gasteiger partial charge in [-0.25, -0.2) is 4.79 Å². The zero-order valence-corrected chi connectivity index (χ0v) is 16.2. The standard InChI is InChI=1S/C20H20BrNO4/c1-13(2)11-19(24)22-17-9-5-14(6-10-17)18(23)12-26-20(25)15-3-7-16(21)8-4-15/h3-10,13H,11-12H2,1-2H3,(H,22,24). The molecule has 0 saturated carbocycles. The van der Waals surface area contributed by atoms with Crippen LogP contribution in [0.1, 0.15) is 41.0 Å². The highest BCUT2D eigenvalue weighted by Gasteiger charge is 2.12. The number of Topliss-reactive ketones (excluding diaryl/α,β-unsaturated/α-hetero) is 1. The number of anilines is 1. The summed E-state index contributed by atoms with van der Waals surface area (Å²) in [6, 6.07) is 13.2. The second kappa shape index (κ2) is 9.29. The number of amides is 1. The summed E-state index contributed by atoms with van der Waals surface area (Å²) in [4.78, 5) is 35.8. The first-order valence-electron chi connectivity index (χ1n) is 8.21. The van der Waals surface area contributed by atoms with E-state index in [1.54, 1.807) is 48.5 Å². The molecule has 26 heavy (non-hydrogen) atoms. The Kier molecular flexibility index (Phi) is 7.09. The van der Waals surface area contributed by atoms with E-state index in [0.717, 1.165) is 4.47 Å². The smallest absolute Gasteiger partial charge is 0.338 e. The van der Waals surface area contributed by atoms with Crippen LogP contribution in [-0.2, 0) is 9.53 Å². The highest BCUT2D eigenvalue weighted by atomic mass is 79.9. The van der Waals surface area contributed by atoms with Crippen molar-refractivity contribution >= 4 is 39.3 Å². The molecular formula is C20H20BrNO4. The molecule has 0 atom stereocenters. The molecule has 0 aromatic heterocycles. The molecule has 136 valence electrons. The highest BCUT2D eigenvalue weighted by Crippen LogP contribution is 2.13. The van der Waals surface area contributed by atoms with E-state index < -0.39 is 5.97 Å². The topological polar surface area (TPSA) is 72.5 Å². The Morgan fingerprint density at radius 1 is 0.962 bits per heavy atom. The number of hydrogen-bond donors (Lipinski definition) is 1. The van der Waals surface area contributed by atoms with Crippen molar-refractivity contribution in [1.82, 2.24) is 0 Å². The average molecular weight is 418 g/mol. The van der Waals surface area contributed by atoms with Gasteiger partial charge in [0.05, 0.1) is 5.56 Å². The third kappa shape index (κ3) is 6.11. The van der Waals surface area contributed by atoms with Crippen molar-refractivity contribution in [1.29, 1.82) is 0 Å². The molecule has 0 fully saturated rings. The maximum atomic E-state index is 12.1. The van der Waals surface area contributed by atoms with E-state index in [2.05, 4.69) is 21.2 Å². The second-order valence-corrected chi connectivity index (χ2v) is 7.15. The van der Waals surface area contributed by atoms with Gasteiger partial charge in [0, 0.05) is 22.1 Å².